The van der Waals surface area contributed by atoms with E-state index in [2.05, 4.69) is 4.74 Å². The summed E-state index contributed by atoms with van der Waals surface area (Å²) >= 11 is 0.881. The second-order valence-corrected chi connectivity index (χ2v) is 14.6. The zero-order valence-electron chi connectivity index (χ0n) is 27.8. The van der Waals surface area contributed by atoms with Crippen LogP contribution in [-0.4, -0.2) is 48.5 Å². The number of fused-ring (bicyclic) bond motifs is 1. The highest BCUT2D eigenvalue weighted by molar-refractivity contribution is 7.22. The van der Waals surface area contributed by atoms with Gasteiger partial charge in [0.1, 0.15) is 5.75 Å². The molecule has 1 heterocycles. The lowest BCUT2D eigenvalue weighted by Crippen LogP contribution is -2.59. The number of alkyl halides is 9. The van der Waals surface area contributed by atoms with Gasteiger partial charge < -0.3 is 20.9 Å². The van der Waals surface area contributed by atoms with Crippen LogP contribution >= 0.6 is 11.3 Å². The van der Waals surface area contributed by atoms with Crippen molar-refractivity contribution in [1.82, 2.24) is 0 Å². The van der Waals surface area contributed by atoms with Crippen molar-refractivity contribution in [2.45, 2.75) is 102 Å². The fraction of sp³-hybridized carbons (Fsp3) is 0.559. The molecule has 3 aromatic rings. The number of ether oxygens (including phenoxy) is 2. The number of hydrogen-bond donors (Lipinski definition) is 2. The fourth-order valence-electron chi connectivity index (χ4n) is 4.95. The third-order valence-electron chi connectivity index (χ3n) is 8.14. The van der Waals surface area contributed by atoms with Crippen molar-refractivity contribution >= 4 is 27.4 Å². The maximum absolute atomic E-state index is 14.6. The molecule has 0 aliphatic heterocycles. The number of thiophene rings is 1. The predicted molar refractivity (Wildman–Crippen MR) is 171 cm³/mol. The Bertz CT molecular complexity index is 1600. The van der Waals surface area contributed by atoms with Crippen LogP contribution in [0.5, 0.6) is 5.75 Å². The lowest BCUT2D eigenvalue weighted by atomic mass is 9.79. The van der Waals surface area contributed by atoms with Crippen LogP contribution in [0.2, 0.25) is 0 Å². The minimum atomic E-state index is -6.03. The lowest BCUT2D eigenvalue weighted by molar-refractivity contribution is -0.322. The smallest absolute Gasteiger partial charge is 0.417 e. The van der Waals surface area contributed by atoms with Crippen molar-refractivity contribution in [1.29, 1.82) is 0 Å². The van der Waals surface area contributed by atoms with Crippen LogP contribution in [0, 0.1) is 5.41 Å². The molecule has 274 valence electrons. The molecule has 1 unspecified atom stereocenters. The first kappa shape index (κ1) is 40.4. The molecule has 15 heteroatoms. The zero-order chi connectivity index (χ0) is 37.2. The molecule has 0 bridgehead atoms. The van der Waals surface area contributed by atoms with Crippen LogP contribution in [0.25, 0.3) is 20.5 Å². The Balaban J connectivity index is 1.75. The Hall–Kier alpha value is -3.04. The van der Waals surface area contributed by atoms with Crippen LogP contribution < -0.4 is 16.2 Å². The van der Waals surface area contributed by atoms with Gasteiger partial charge in [-0.3, -0.25) is 4.79 Å². The van der Waals surface area contributed by atoms with Gasteiger partial charge in [-0.05, 0) is 88.2 Å². The number of rotatable bonds is 16. The third kappa shape index (κ3) is 9.60. The van der Waals surface area contributed by atoms with Crippen LogP contribution in [0.1, 0.15) is 71.4 Å². The number of esters is 1. The minimum absolute atomic E-state index is 0.0243. The van der Waals surface area contributed by atoms with Gasteiger partial charge in [0, 0.05) is 26.7 Å². The largest absolute Gasteiger partial charge is 0.487 e. The van der Waals surface area contributed by atoms with Crippen molar-refractivity contribution in [2.75, 3.05) is 13.2 Å². The minimum Gasteiger partial charge on any atom is -0.487 e. The maximum atomic E-state index is 14.6. The molecule has 0 amide bonds. The third-order valence-corrected chi connectivity index (χ3v) is 9.27. The van der Waals surface area contributed by atoms with Gasteiger partial charge in [0.15, 0.2) is 13.2 Å². The highest BCUT2D eigenvalue weighted by Crippen LogP contribution is 2.47. The summed E-state index contributed by atoms with van der Waals surface area (Å²) in [6.45, 7) is 3.05. The second kappa shape index (κ2) is 14.7. The monoisotopic (exact) mass is 728 g/mol. The molecule has 0 fully saturated rings. The van der Waals surface area contributed by atoms with Crippen molar-refractivity contribution < 1.29 is 53.8 Å². The number of aryl methyl sites for hydroxylation is 1. The summed E-state index contributed by atoms with van der Waals surface area (Å²) < 4.78 is 139. The van der Waals surface area contributed by atoms with Gasteiger partial charge in [0.25, 0.3) is 0 Å². The summed E-state index contributed by atoms with van der Waals surface area (Å²) in [5, 5.41) is 0.413. The summed E-state index contributed by atoms with van der Waals surface area (Å²) in [5.41, 5.74) is 8.85. The SMILES string of the molecule is CCCCCc1ccc(-c2cc3ccc(OCC(F)(F)C(F)(F)C(F)(F)COC(=O)C(C)(C)C(N)CC(C)(C)N)cc3s2)c(C(F)(F)F)c1. The number of halogens is 9. The van der Waals surface area contributed by atoms with E-state index >= 15 is 0 Å². The Labute approximate surface area is 283 Å². The number of carbonyl (C=O) groups is 1. The van der Waals surface area contributed by atoms with Gasteiger partial charge in [-0.15, -0.1) is 11.3 Å². The quantitative estimate of drug-likeness (QED) is 0.0872. The van der Waals surface area contributed by atoms with Crippen LogP contribution in [0.4, 0.5) is 39.5 Å². The molecule has 0 radical (unpaired) electrons. The van der Waals surface area contributed by atoms with Crippen molar-refractivity contribution in [3.8, 4) is 16.2 Å². The topological polar surface area (TPSA) is 87.6 Å². The number of benzene rings is 2. The average molecular weight is 729 g/mol. The predicted octanol–water partition coefficient (Wildman–Crippen LogP) is 9.63. The Morgan fingerprint density at radius 2 is 1.49 bits per heavy atom. The van der Waals surface area contributed by atoms with E-state index in [0.717, 1.165) is 48.8 Å². The number of unbranched alkanes of at least 4 members (excludes halogenated alkanes) is 2. The van der Waals surface area contributed by atoms with E-state index in [1.807, 2.05) is 6.92 Å². The first-order valence-corrected chi connectivity index (χ1v) is 16.4. The molecule has 3 rings (SSSR count). The van der Waals surface area contributed by atoms with Gasteiger partial charge in [0.2, 0.25) is 0 Å². The Morgan fingerprint density at radius 1 is 0.857 bits per heavy atom. The van der Waals surface area contributed by atoms with Crippen LogP contribution in [0.15, 0.2) is 42.5 Å². The number of carbonyl (C=O) groups excluding carboxylic acids is 1. The lowest BCUT2D eigenvalue weighted by Gasteiger charge is -2.35. The Kier molecular flexibility index (Phi) is 12.1. The first-order valence-electron chi connectivity index (χ1n) is 15.5. The average Bonchev–Trinajstić information content (AvgIpc) is 3.41. The maximum Gasteiger partial charge on any atom is 0.417 e. The molecule has 5 nitrogen and oxygen atoms in total. The van der Waals surface area contributed by atoms with E-state index in [0.29, 0.717) is 17.4 Å². The molecule has 0 saturated carbocycles. The molecule has 1 aromatic heterocycles. The summed E-state index contributed by atoms with van der Waals surface area (Å²) in [6.07, 6.45) is -1.65. The Morgan fingerprint density at radius 3 is 2.08 bits per heavy atom. The molecular weight excluding hydrogens is 687 g/mol. The molecule has 4 N–H and O–H groups in total. The molecule has 0 spiro atoms. The zero-order valence-corrected chi connectivity index (χ0v) is 28.6. The van der Waals surface area contributed by atoms with Gasteiger partial charge in [-0.25, -0.2) is 0 Å². The van der Waals surface area contributed by atoms with Gasteiger partial charge >= 0.3 is 29.9 Å². The molecule has 0 aliphatic carbocycles. The van der Waals surface area contributed by atoms with E-state index in [1.165, 1.54) is 32.0 Å². The summed E-state index contributed by atoms with van der Waals surface area (Å²) in [6, 6.07) is 8.05. The summed E-state index contributed by atoms with van der Waals surface area (Å²) in [5.74, 6) is -18.8. The second-order valence-electron chi connectivity index (χ2n) is 13.5. The number of nitrogens with two attached hydrogens (primary N) is 2. The van der Waals surface area contributed by atoms with Crippen molar-refractivity contribution in [3.63, 3.8) is 0 Å². The van der Waals surface area contributed by atoms with E-state index in [1.54, 1.807) is 19.9 Å². The molecule has 0 saturated heterocycles. The van der Waals surface area contributed by atoms with Gasteiger partial charge in [0.05, 0.1) is 11.0 Å². The molecule has 2 aromatic carbocycles. The molecular formula is C34H41F9N2O3S. The van der Waals surface area contributed by atoms with Crippen LogP contribution in [-0.2, 0) is 22.1 Å². The highest BCUT2D eigenvalue weighted by atomic mass is 32.1. The van der Waals surface area contributed by atoms with E-state index in [4.69, 9.17) is 16.2 Å². The summed E-state index contributed by atoms with van der Waals surface area (Å²) in [4.78, 5) is 12.7. The first-order chi connectivity index (χ1) is 22.3. The standard InChI is InChI=1S/C34H41F9N2O3S/c1-6-7-8-9-20-10-13-23(24(14-20)33(39,40)41)26-15-21-11-12-22(16-25(21)49-26)47-18-31(35,36)34(42,43)32(37,38)19-48-28(46)30(4,5)27(44)17-29(2,3)45/h10-16,27H,6-9,17-19,44-45H2,1-5H3. The summed E-state index contributed by atoms with van der Waals surface area (Å²) in [7, 11) is 0. The van der Waals surface area contributed by atoms with Gasteiger partial charge in [-0.2, -0.15) is 39.5 Å². The number of hydrogen-bond acceptors (Lipinski definition) is 6. The van der Waals surface area contributed by atoms with E-state index in [9.17, 15) is 44.3 Å². The van der Waals surface area contributed by atoms with E-state index in [-0.39, 0.29) is 21.6 Å². The van der Waals surface area contributed by atoms with E-state index < -0.39 is 71.4 Å². The van der Waals surface area contributed by atoms with Crippen molar-refractivity contribution in [3.05, 3.63) is 53.6 Å². The van der Waals surface area contributed by atoms with Crippen molar-refractivity contribution in [2.24, 2.45) is 16.9 Å². The van der Waals surface area contributed by atoms with Gasteiger partial charge in [-0.1, -0.05) is 31.9 Å². The van der Waals surface area contributed by atoms with Crippen LogP contribution in [0.3, 0.4) is 0 Å². The molecule has 49 heavy (non-hydrogen) atoms. The highest BCUT2D eigenvalue weighted by Gasteiger charge is 2.72. The molecule has 1 atom stereocenters. The molecule has 0 aliphatic rings. The fourth-order valence-corrected chi connectivity index (χ4v) is 6.08. The normalized spacial score (nSPS) is 14.3.